The van der Waals surface area contributed by atoms with Crippen molar-refractivity contribution >= 4 is 32.8 Å². The van der Waals surface area contributed by atoms with E-state index in [-0.39, 0.29) is 10.8 Å². The summed E-state index contributed by atoms with van der Waals surface area (Å²) in [5, 5.41) is 19.4. The van der Waals surface area contributed by atoms with Crippen LogP contribution in [0.4, 0.5) is 0 Å². The number of aromatic nitrogens is 1. The minimum Gasteiger partial charge on any atom is -0.494 e. The van der Waals surface area contributed by atoms with Gasteiger partial charge in [-0.15, -0.1) is 4.40 Å². The number of fused-ring (bicyclic) bond motifs is 1. The molecule has 0 saturated heterocycles. The Hall–Kier alpha value is -2.70. The molecule has 0 spiro atoms. The minimum atomic E-state index is -1.14. The maximum Gasteiger partial charge on any atom is 0.406 e. The molecule has 118 valence electrons. The third-order valence-corrected chi connectivity index (χ3v) is 5.94. The van der Waals surface area contributed by atoms with Crippen LogP contribution in [-0.4, -0.2) is 16.2 Å². The standard InChI is InChI=1S/C18H11NO3S2/c20-16(21)14-17(22)24-18-19(14)13(11-7-3-1-4-8-11)15(23-18)12-9-5-2-6-10-12/h1-10H,(H-,20,21,22)/p+1. The number of carboxylic acids is 1. The molecular formula is C18H12NO3S2+. The normalized spacial score (nSPS) is 11.0. The lowest BCUT2D eigenvalue weighted by Crippen LogP contribution is -2.27. The third kappa shape index (κ3) is 2.28. The maximum atomic E-state index is 11.7. The Labute approximate surface area is 145 Å². The summed E-state index contributed by atoms with van der Waals surface area (Å²) >= 11 is 2.57. The summed E-state index contributed by atoms with van der Waals surface area (Å²) in [6, 6.07) is 19.5. The lowest BCUT2D eigenvalue weighted by Gasteiger charge is -2.00. The fourth-order valence-corrected chi connectivity index (χ4v) is 5.08. The highest BCUT2D eigenvalue weighted by atomic mass is 32.2. The average molecular weight is 354 g/mol. The van der Waals surface area contributed by atoms with E-state index in [1.54, 1.807) is 4.40 Å². The molecule has 6 heteroatoms. The van der Waals surface area contributed by atoms with Crippen LogP contribution < -0.4 is 4.40 Å². The molecular weight excluding hydrogens is 342 g/mol. The predicted octanol–water partition coefficient (Wildman–Crippen LogP) is 4.29. The Balaban J connectivity index is 2.13. The Morgan fingerprint density at radius 3 is 2.04 bits per heavy atom. The fraction of sp³-hybridized carbons (Fsp3) is 0. The molecule has 0 aliphatic heterocycles. The molecule has 0 aliphatic carbocycles. The van der Waals surface area contributed by atoms with Crippen LogP contribution in [0.25, 0.3) is 25.8 Å². The molecule has 0 atom stereocenters. The number of nitrogens with zero attached hydrogens (tertiary/aromatic N) is 1. The molecule has 0 bridgehead atoms. The van der Waals surface area contributed by atoms with Crippen molar-refractivity contribution in [3.63, 3.8) is 0 Å². The number of carbonyl (C=O) groups is 1. The first kappa shape index (κ1) is 14.9. The Kier molecular flexibility index (Phi) is 3.55. The Morgan fingerprint density at radius 1 is 0.875 bits per heavy atom. The van der Waals surface area contributed by atoms with E-state index in [9.17, 15) is 15.0 Å². The SMILES string of the molecule is O=C(O)c1c(O)sc2sc(-c3ccccc3)c(-c3ccccc3)[n+]12. The van der Waals surface area contributed by atoms with Crippen LogP contribution in [-0.2, 0) is 0 Å². The molecule has 0 amide bonds. The van der Waals surface area contributed by atoms with Gasteiger partial charge < -0.3 is 10.2 Å². The summed E-state index contributed by atoms with van der Waals surface area (Å²) in [5.74, 6) is -1.14. The van der Waals surface area contributed by atoms with Gasteiger partial charge in [-0.05, 0) is 40.4 Å². The first-order valence-corrected chi connectivity index (χ1v) is 8.84. The number of hydrogen-bond donors (Lipinski definition) is 2. The summed E-state index contributed by atoms with van der Waals surface area (Å²) in [7, 11) is 0. The summed E-state index contributed by atoms with van der Waals surface area (Å²) in [6.07, 6.45) is 0. The number of aromatic hydroxyl groups is 1. The number of carboxylic acid groups (broad SMARTS) is 1. The molecule has 2 aromatic heterocycles. The van der Waals surface area contributed by atoms with Gasteiger partial charge in [-0.2, -0.15) is 0 Å². The van der Waals surface area contributed by atoms with Gasteiger partial charge in [0.2, 0.25) is 5.69 Å². The van der Waals surface area contributed by atoms with Crippen molar-refractivity contribution in [2.45, 2.75) is 0 Å². The summed E-state index contributed by atoms with van der Waals surface area (Å²) in [5.41, 5.74) is 2.63. The quantitative estimate of drug-likeness (QED) is 0.540. The van der Waals surface area contributed by atoms with Gasteiger partial charge in [-0.3, -0.25) is 0 Å². The van der Waals surface area contributed by atoms with E-state index in [2.05, 4.69) is 0 Å². The summed E-state index contributed by atoms with van der Waals surface area (Å²) < 4.78 is 2.38. The second-order valence-electron chi connectivity index (χ2n) is 5.17. The molecule has 2 heterocycles. The van der Waals surface area contributed by atoms with E-state index in [0.717, 1.165) is 37.2 Å². The van der Waals surface area contributed by atoms with Gasteiger partial charge in [-0.1, -0.05) is 48.5 Å². The van der Waals surface area contributed by atoms with Crippen LogP contribution in [0.1, 0.15) is 10.5 Å². The van der Waals surface area contributed by atoms with Crippen molar-refractivity contribution < 1.29 is 19.4 Å². The van der Waals surface area contributed by atoms with E-state index >= 15 is 0 Å². The van der Waals surface area contributed by atoms with Crippen LogP contribution in [0, 0.1) is 0 Å². The van der Waals surface area contributed by atoms with Crippen molar-refractivity contribution in [1.29, 1.82) is 0 Å². The molecule has 24 heavy (non-hydrogen) atoms. The van der Waals surface area contributed by atoms with Crippen molar-refractivity contribution in [2.24, 2.45) is 0 Å². The van der Waals surface area contributed by atoms with E-state index in [4.69, 9.17) is 0 Å². The highest BCUT2D eigenvalue weighted by molar-refractivity contribution is 7.38. The van der Waals surface area contributed by atoms with Crippen LogP contribution >= 0.6 is 22.7 Å². The number of benzene rings is 2. The number of rotatable bonds is 3. The van der Waals surface area contributed by atoms with Crippen molar-refractivity contribution in [2.75, 3.05) is 0 Å². The van der Waals surface area contributed by atoms with Gasteiger partial charge in [-0.25, -0.2) is 4.79 Å². The molecule has 4 aromatic rings. The van der Waals surface area contributed by atoms with Gasteiger partial charge >= 0.3 is 15.8 Å². The molecule has 4 nitrogen and oxygen atoms in total. The first-order valence-electron chi connectivity index (χ1n) is 7.21. The van der Waals surface area contributed by atoms with Gasteiger partial charge in [0.05, 0.1) is 0 Å². The van der Waals surface area contributed by atoms with Crippen LogP contribution in [0.2, 0.25) is 0 Å². The fourth-order valence-electron chi connectivity index (χ4n) is 2.70. The van der Waals surface area contributed by atoms with Crippen LogP contribution in [0.5, 0.6) is 5.06 Å². The average Bonchev–Trinajstić information content (AvgIpc) is 3.10. The number of hydrogen-bond acceptors (Lipinski definition) is 4. The Morgan fingerprint density at radius 2 is 1.46 bits per heavy atom. The molecule has 4 rings (SSSR count). The maximum absolute atomic E-state index is 11.7. The summed E-state index contributed by atoms with van der Waals surface area (Å²) in [4.78, 5) is 12.6. The zero-order chi connectivity index (χ0) is 16.7. The highest BCUT2D eigenvalue weighted by Gasteiger charge is 2.35. The number of thiazole rings is 2. The van der Waals surface area contributed by atoms with E-state index in [1.807, 2.05) is 60.7 Å². The van der Waals surface area contributed by atoms with E-state index in [1.165, 1.54) is 11.3 Å². The molecule has 0 aliphatic rings. The molecule has 2 N–H and O–H groups in total. The minimum absolute atomic E-state index is 0.0905. The lowest BCUT2D eigenvalue weighted by molar-refractivity contribution is -0.494. The zero-order valence-electron chi connectivity index (χ0n) is 12.3. The van der Waals surface area contributed by atoms with Gasteiger partial charge in [0.1, 0.15) is 4.88 Å². The smallest absolute Gasteiger partial charge is 0.406 e. The van der Waals surface area contributed by atoms with Gasteiger partial charge in [0.15, 0.2) is 0 Å². The van der Waals surface area contributed by atoms with Crippen LogP contribution in [0.3, 0.4) is 0 Å². The predicted molar refractivity (Wildman–Crippen MR) is 94.9 cm³/mol. The van der Waals surface area contributed by atoms with Crippen molar-refractivity contribution in [3.05, 3.63) is 66.4 Å². The van der Waals surface area contributed by atoms with Gasteiger partial charge in [0, 0.05) is 5.56 Å². The molecule has 0 unspecified atom stereocenters. The third-order valence-electron chi connectivity index (χ3n) is 3.71. The molecule has 0 radical (unpaired) electrons. The van der Waals surface area contributed by atoms with E-state index < -0.39 is 5.97 Å². The van der Waals surface area contributed by atoms with Crippen LogP contribution in [0.15, 0.2) is 60.7 Å². The van der Waals surface area contributed by atoms with Gasteiger partial charge in [0.25, 0.3) is 5.06 Å². The topological polar surface area (TPSA) is 61.6 Å². The highest BCUT2D eigenvalue weighted by Crippen LogP contribution is 2.40. The largest absolute Gasteiger partial charge is 0.494 e. The second kappa shape index (κ2) is 5.74. The monoisotopic (exact) mass is 354 g/mol. The number of aromatic carboxylic acids is 1. The van der Waals surface area contributed by atoms with Crippen molar-refractivity contribution in [1.82, 2.24) is 0 Å². The van der Waals surface area contributed by atoms with Crippen molar-refractivity contribution in [3.8, 4) is 26.8 Å². The molecule has 2 aromatic carbocycles. The second-order valence-corrected chi connectivity index (χ2v) is 7.41. The molecule has 0 fully saturated rings. The summed E-state index contributed by atoms with van der Waals surface area (Å²) in [6.45, 7) is 0. The lowest BCUT2D eigenvalue weighted by atomic mass is 10.1. The first-order chi connectivity index (χ1) is 11.7. The van der Waals surface area contributed by atoms with E-state index in [0.29, 0.717) is 0 Å². The molecule has 0 saturated carbocycles. The zero-order valence-corrected chi connectivity index (χ0v) is 14.0. The Bertz CT molecular complexity index is 1040.